The van der Waals surface area contributed by atoms with Gasteiger partial charge in [0.1, 0.15) is 0 Å². The number of aliphatic imine (C=N–C) groups is 1. The number of benzene rings is 1. The van der Waals surface area contributed by atoms with Crippen LogP contribution in [0.2, 0.25) is 0 Å². The van der Waals surface area contributed by atoms with Crippen LogP contribution in [0.4, 0.5) is 0 Å². The molecule has 0 saturated heterocycles. The molecule has 4 heteroatoms. The highest BCUT2D eigenvalue weighted by molar-refractivity contribution is 5.79. The highest BCUT2D eigenvalue weighted by Crippen LogP contribution is 2.17. The Morgan fingerprint density at radius 1 is 1.19 bits per heavy atom. The molecule has 4 nitrogen and oxygen atoms in total. The molecule has 0 bridgehead atoms. The minimum Gasteiger partial charge on any atom is -0.380 e. The maximum Gasteiger partial charge on any atom is 0.191 e. The molecule has 0 aromatic heterocycles. The molecule has 0 aliphatic heterocycles. The lowest BCUT2D eigenvalue weighted by Crippen LogP contribution is -2.39. The Kier molecular flexibility index (Phi) is 9.29. The highest BCUT2D eigenvalue weighted by Gasteiger charge is 2.04. The standard InChI is InChI=1S/C17H29N3O/c1-4-18-17(20-13-14-21-5-2)19-12-11-15(3)16-9-7-6-8-10-16/h6-10,15H,4-5,11-14H2,1-3H3,(H2,18,19,20). The van der Waals surface area contributed by atoms with Crippen LogP contribution in [0.3, 0.4) is 0 Å². The van der Waals surface area contributed by atoms with E-state index < -0.39 is 0 Å². The fourth-order valence-corrected chi connectivity index (χ4v) is 2.05. The average molecular weight is 291 g/mol. The molecule has 0 radical (unpaired) electrons. The monoisotopic (exact) mass is 291 g/mol. The van der Waals surface area contributed by atoms with E-state index in [2.05, 4.69) is 59.8 Å². The van der Waals surface area contributed by atoms with E-state index in [1.54, 1.807) is 0 Å². The van der Waals surface area contributed by atoms with E-state index in [0.29, 0.717) is 12.5 Å². The zero-order valence-corrected chi connectivity index (χ0v) is 13.6. The maximum absolute atomic E-state index is 5.32. The van der Waals surface area contributed by atoms with E-state index in [0.717, 1.165) is 38.6 Å². The molecule has 118 valence electrons. The molecule has 2 N–H and O–H groups in total. The van der Waals surface area contributed by atoms with Gasteiger partial charge in [0.05, 0.1) is 6.61 Å². The molecule has 0 fully saturated rings. The van der Waals surface area contributed by atoms with Crippen LogP contribution in [-0.4, -0.2) is 38.8 Å². The molecule has 1 rings (SSSR count). The lowest BCUT2D eigenvalue weighted by Gasteiger charge is -2.13. The van der Waals surface area contributed by atoms with Gasteiger partial charge in [0, 0.05) is 26.2 Å². The van der Waals surface area contributed by atoms with Crippen molar-refractivity contribution in [2.45, 2.75) is 33.1 Å². The first-order valence-electron chi connectivity index (χ1n) is 7.92. The first-order valence-corrected chi connectivity index (χ1v) is 7.92. The lowest BCUT2D eigenvalue weighted by molar-refractivity contribution is 0.152. The second kappa shape index (κ2) is 11.1. The molecular formula is C17H29N3O. The Morgan fingerprint density at radius 3 is 2.62 bits per heavy atom. The Labute approximate surface area is 129 Å². The van der Waals surface area contributed by atoms with Gasteiger partial charge in [-0.25, -0.2) is 0 Å². The predicted molar refractivity (Wildman–Crippen MR) is 89.9 cm³/mol. The molecule has 0 aliphatic rings. The highest BCUT2D eigenvalue weighted by atomic mass is 16.5. The molecule has 0 heterocycles. The molecule has 1 aromatic carbocycles. The number of rotatable bonds is 9. The van der Waals surface area contributed by atoms with Crippen molar-refractivity contribution in [1.29, 1.82) is 0 Å². The second-order valence-corrected chi connectivity index (χ2v) is 4.98. The van der Waals surface area contributed by atoms with E-state index >= 15 is 0 Å². The zero-order chi connectivity index (χ0) is 15.3. The Morgan fingerprint density at radius 2 is 1.95 bits per heavy atom. The van der Waals surface area contributed by atoms with Crippen molar-refractivity contribution in [3.05, 3.63) is 35.9 Å². The van der Waals surface area contributed by atoms with E-state index in [9.17, 15) is 0 Å². The van der Waals surface area contributed by atoms with Crippen LogP contribution in [0.15, 0.2) is 35.3 Å². The van der Waals surface area contributed by atoms with E-state index in [4.69, 9.17) is 4.74 Å². The quantitative estimate of drug-likeness (QED) is 0.418. The SMILES string of the molecule is CCNC(=NCCC(C)c1ccccc1)NCCOCC. The summed E-state index contributed by atoms with van der Waals surface area (Å²) in [7, 11) is 0. The van der Waals surface area contributed by atoms with Gasteiger partial charge in [-0.1, -0.05) is 37.3 Å². The molecule has 1 unspecified atom stereocenters. The topological polar surface area (TPSA) is 45.7 Å². The number of hydrogen-bond acceptors (Lipinski definition) is 2. The smallest absolute Gasteiger partial charge is 0.191 e. The molecule has 21 heavy (non-hydrogen) atoms. The zero-order valence-electron chi connectivity index (χ0n) is 13.6. The van der Waals surface area contributed by atoms with Gasteiger partial charge in [-0.15, -0.1) is 0 Å². The van der Waals surface area contributed by atoms with Crippen molar-refractivity contribution in [1.82, 2.24) is 10.6 Å². The average Bonchev–Trinajstić information content (AvgIpc) is 2.52. The van der Waals surface area contributed by atoms with Crippen LogP contribution in [0.25, 0.3) is 0 Å². The maximum atomic E-state index is 5.32. The van der Waals surface area contributed by atoms with Gasteiger partial charge in [-0.05, 0) is 31.7 Å². The van der Waals surface area contributed by atoms with Crippen LogP contribution >= 0.6 is 0 Å². The first-order chi connectivity index (χ1) is 10.3. The van der Waals surface area contributed by atoms with Gasteiger partial charge in [-0.2, -0.15) is 0 Å². The minimum absolute atomic E-state index is 0.529. The fraction of sp³-hybridized carbons (Fsp3) is 0.588. The molecular weight excluding hydrogens is 262 g/mol. The molecule has 0 spiro atoms. The van der Waals surface area contributed by atoms with Crippen LogP contribution in [-0.2, 0) is 4.74 Å². The molecule has 0 aliphatic carbocycles. The van der Waals surface area contributed by atoms with Gasteiger partial charge in [-0.3, -0.25) is 4.99 Å². The summed E-state index contributed by atoms with van der Waals surface area (Å²) in [4.78, 5) is 4.62. The second-order valence-electron chi connectivity index (χ2n) is 4.98. The van der Waals surface area contributed by atoms with Crippen molar-refractivity contribution in [2.75, 3.05) is 32.8 Å². The van der Waals surface area contributed by atoms with Crippen molar-refractivity contribution in [3.63, 3.8) is 0 Å². The van der Waals surface area contributed by atoms with Gasteiger partial charge >= 0.3 is 0 Å². The Bertz CT molecular complexity index is 392. The molecule has 0 amide bonds. The normalized spacial score (nSPS) is 13.0. The van der Waals surface area contributed by atoms with Crippen molar-refractivity contribution in [3.8, 4) is 0 Å². The van der Waals surface area contributed by atoms with Crippen LogP contribution in [0.1, 0.15) is 38.7 Å². The van der Waals surface area contributed by atoms with Crippen molar-refractivity contribution >= 4 is 5.96 Å². The third kappa shape index (κ3) is 7.71. The third-order valence-electron chi connectivity index (χ3n) is 3.29. The molecule has 1 aromatic rings. The molecule has 1 atom stereocenters. The minimum atomic E-state index is 0.529. The van der Waals surface area contributed by atoms with E-state index in [1.807, 2.05) is 6.92 Å². The number of guanidine groups is 1. The number of nitrogens with zero attached hydrogens (tertiary/aromatic N) is 1. The fourth-order valence-electron chi connectivity index (χ4n) is 2.05. The van der Waals surface area contributed by atoms with E-state index in [1.165, 1.54) is 5.56 Å². The summed E-state index contributed by atoms with van der Waals surface area (Å²) in [5.74, 6) is 1.40. The first kappa shape index (κ1) is 17.5. The summed E-state index contributed by atoms with van der Waals surface area (Å²) in [5.41, 5.74) is 1.38. The van der Waals surface area contributed by atoms with Crippen LogP contribution < -0.4 is 10.6 Å². The molecule has 0 saturated carbocycles. The van der Waals surface area contributed by atoms with Crippen molar-refractivity contribution in [2.24, 2.45) is 4.99 Å². The summed E-state index contributed by atoms with van der Waals surface area (Å²) in [6.07, 6.45) is 1.05. The summed E-state index contributed by atoms with van der Waals surface area (Å²) in [6, 6.07) is 10.6. The largest absolute Gasteiger partial charge is 0.380 e. The van der Waals surface area contributed by atoms with Gasteiger partial charge in [0.25, 0.3) is 0 Å². The Hall–Kier alpha value is -1.55. The lowest BCUT2D eigenvalue weighted by atomic mass is 9.98. The summed E-state index contributed by atoms with van der Waals surface area (Å²) < 4.78 is 5.32. The summed E-state index contributed by atoms with van der Waals surface area (Å²) >= 11 is 0. The van der Waals surface area contributed by atoms with E-state index in [-0.39, 0.29) is 0 Å². The van der Waals surface area contributed by atoms with Crippen molar-refractivity contribution < 1.29 is 4.74 Å². The predicted octanol–water partition coefficient (Wildman–Crippen LogP) is 2.77. The van der Waals surface area contributed by atoms with Gasteiger partial charge < -0.3 is 15.4 Å². The Balaban J connectivity index is 2.35. The number of nitrogens with one attached hydrogen (secondary N) is 2. The number of ether oxygens (including phenoxy) is 1. The van der Waals surface area contributed by atoms with Gasteiger partial charge in [0.2, 0.25) is 0 Å². The van der Waals surface area contributed by atoms with Crippen LogP contribution in [0, 0.1) is 0 Å². The summed E-state index contributed by atoms with van der Waals surface area (Å²) in [5, 5.41) is 6.54. The van der Waals surface area contributed by atoms with Crippen LogP contribution in [0.5, 0.6) is 0 Å². The number of hydrogen-bond donors (Lipinski definition) is 2. The summed E-state index contributed by atoms with van der Waals surface area (Å²) in [6.45, 7) is 10.3. The van der Waals surface area contributed by atoms with Gasteiger partial charge in [0.15, 0.2) is 5.96 Å². The third-order valence-corrected chi connectivity index (χ3v) is 3.29.